The van der Waals surface area contributed by atoms with Crippen LogP contribution in [0.4, 0.5) is 0 Å². The molecule has 0 saturated heterocycles. The first-order valence-electron chi connectivity index (χ1n) is 6.56. The van der Waals surface area contributed by atoms with E-state index in [1.54, 1.807) is 0 Å². The predicted molar refractivity (Wildman–Crippen MR) is 65.7 cm³/mol. The van der Waals surface area contributed by atoms with Crippen molar-refractivity contribution in [1.82, 2.24) is 5.32 Å². The van der Waals surface area contributed by atoms with Gasteiger partial charge in [-0.15, -0.1) is 0 Å². The molecule has 1 rings (SSSR count). The average molecular weight is 241 g/mol. The zero-order valence-electron chi connectivity index (χ0n) is 10.6. The lowest BCUT2D eigenvalue weighted by Gasteiger charge is -2.41. The smallest absolute Gasteiger partial charge is 0.303 e. The topological polar surface area (TPSA) is 66.4 Å². The van der Waals surface area contributed by atoms with Crippen LogP contribution in [0.15, 0.2) is 0 Å². The van der Waals surface area contributed by atoms with Gasteiger partial charge in [0, 0.05) is 19.4 Å². The number of carbonyl (C=O) groups excluding carboxylic acids is 1. The fraction of sp³-hybridized carbons (Fsp3) is 0.846. The lowest BCUT2D eigenvalue weighted by atomic mass is 9.67. The van der Waals surface area contributed by atoms with Crippen LogP contribution in [-0.4, -0.2) is 23.5 Å². The Morgan fingerprint density at radius 2 is 1.88 bits per heavy atom. The maximum absolute atomic E-state index is 11.5. The van der Waals surface area contributed by atoms with E-state index in [9.17, 15) is 9.59 Å². The van der Waals surface area contributed by atoms with Crippen molar-refractivity contribution in [3.63, 3.8) is 0 Å². The average Bonchev–Trinajstić information content (AvgIpc) is 2.23. The molecule has 0 atom stereocenters. The Labute approximate surface area is 103 Å². The zero-order chi connectivity index (χ0) is 12.7. The first kappa shape index (κ1) is 14.0. The summed E-state index contributed by atoms with van der Waals surface area (Å²) in [6.07, 6.45) is 6.72. The first-order chi connectivity index (χ1) is 8.08. The third-order valence-electron chi connectivity index (χ3n) is 3.87. The minimum atomic E-state index is -0.787. The molecule has 1 fully saturated rings. The van der Waals surface area contributed by atoms with E-state index in [0.717, 1.165) is 13.0 Å². The second-order valence-corrected chi connectivity index (χ2v) is 5.08. The number of nitrogens with one attached hydrogen (secondary N) is 1. The fourth-order valence-electron chi connectivity index (χ4n) is 2.27. The standard InChI is InChI=1S/C13H23NO3/c1-2-13(8-5-9-13)10-14-11(15)6-3-4-7-12(16)17/h2-10H2,1H3,(H,14,15)(H,16,17). The molecule has 0 unspecified atom stereocenters. The van der Waals surface area contributed by atoms with Crippen molar-refractivity contribution in [2.75, 3.05) is 6.54 Å². The van der Waals surface area contributed by atoms with Gasteiger partial charge in [0.05, 0.1) is 0 Å². The van der Waals surface area contributed by atoms with Gasteiger partial charge in [0.25, 0.3) is 0 Å². The largest absolute Gasteiger partial charge is 0.481 e. The zero-order valence-corrected chi connectivity index (χ0v) is 10.6. The minimum absolute atomic E-state index is 0.0649. The molecule has 1 saturated carbocycles. The molecule has 0 spiro atoms. The SMILES string of the molecule is CCC1(CNC(=O)CCCCC(=O)O)CCC1. The summed E-state index contributed by atoms with van der Waals surface area (Å²) < 4.78 is 0. The highest BCUT2D eigenvalue weighted by Crippen LogP contribution is 2.42. The molecule has 1 amide bonds. The van der Waals surface area contributed by atoms with E-state index in [1.165, 1.54) is 19.3 Å². The second kappa shape index (κ2) is 6.62. The number of carboxylic acid groups (broad SMARTS) is 1. The van der Waals surface area contributed by atoms with Gasteiger partial charge < -0.3 is 10.4 Å². The van der Waals surface area contributed by atoms with Gasteiger partial charge >= 0.3 is 5.97 Å². The lowest BCUT2D eigenvalue weighted by Crippen LogP contribution is -2.41. The molecule has 4 nitrogen and oxygen atoms in total. The summed E-state index contributed by atoms with van der Waals surface area (Å²) in [6.45, 7) is 2.97. The lowest BCUT2D eigenvalue weighted by molar-refractivity contribution is -0.137. The van der Waals surface area contributed by atoms with E-state index in [1.807, 2.05) is 0 Å². The number of hydrogen-bond acceptors (Lipinski definition) is 2. The second-order valence-electron chi connectivity index (χ2n) is 5.08. The van der Waals surface area contributed by atoms with Gasteiger partial charge in [0.2, 0.25) is 5.91 Å². The van der Waals surface area contributed by atoms with Crippen molar-refractivity contribution in [3.05, 3.63) is 0 Å². The molecule has 0 heterocycles. The number of rotatable bonds is 8. The molecule has 17 heavy (non-hydrogen) atoms. The summed E-state index contributed by atoms with van der Waals surface area (Å²) in [7, 11) is 0. The summed E-state index contributed by atoms with van der Waals surface area (Å²) in [5, 5.41) is 11.4. The number of amides is 1. The third kappa shape index (κ3) is 4.75. The van der Waals surface area contributed by atoms with Gasteiger partial charge in [0.1, 0.15) is 0 Å². The van der Waals surface area contributed by atoms with Crippen molar-refractivity contribution in [2.24, 2.45) is 5.41 Å². The Kier molecular flexibility index (Phi) is 5.45. The number of aliphatic carboxylic acids is 1. The van der Waals surface area contributed by atoms with E-state index in [4.69, 9.17) is 5.11 Å². The number of unbranched alkanes of at least 4 members (excludes halogenated alkanes) is 1. The molecule has 98 valence electrons. The third-order valence-corrected chi connectivity index (χ3v) is 3.87. The van der Waals surface area contributed by atoms with Gasteiger partial charge in [-0.1, -0.05) is 13.3 Å². The van der Waals surface area contributed by atoms with Crippen LogP contribution in [-0.2, 0) is 9.59 Å². The highest BCUT2D eigenvalue weighted by Gasteiger charge is 2.34. The molecule has 2 N–H and O–H groups in total. The Morgan fingerprint density at radius 3 is 2.35 bits per heavy atom. The van der Waals surface area contributed by atoms with Gasteiger partial charge in [0.15, 0.2) is 0 Å². The summed E-state index contributed by atoms with van der Waals surface area (Å²) in [6, 6.07) is 0. The fourth-order valence-corrected chi connectivity index (χ4v) is 2.27. The molecule has 0 bridgehead atoms. The number of carboxylic acids is 1. The molecule has 0 radical (unpaired) electrons. The molecule has 0 aliphatic heterocycles. The van der Waals surface area contributed by atoms with Crippen molar-refractivity contribution < 1.29 is 14.7 Å². The number of hydrogen-bond donors (Lipinski definition) is 2. The highest BCUT2D eigenvalue weighted by atomic mass is 16.4. The summed E-state index contributed by atoms with van der Waals surface area (Å²) in [5.41, 5.74) is 0.358. The van der Waals surface area contributed by atoms with E-state index in [-0.39, 0.29) is 12.3 Å². The van der Waals surface area contributed by atoms with Gasteiger partial charge in [-0.05, 0) is 37.5 Å². The maximum atomic E-state index is 11.5. The summed E-state index contributed by atoms with van der Waals surface area (Å²) in [4.78, 5) is 21.8. The van der Waals surface area contributed by atoms with Crippen LogP contribution in [0.2, 0.25) is 0 Å². The molecule has 1 aliphatic carbocycles. The first-order valence-corrected chi connectivity index (χ1v) is 6.56. The molecule has 0 aromatic heterocycles. The molecule has 0 aromatic rings. The van der Waals surface area contributed by atoms with E-state index in [0.29, 0.717) is 24.7 Å². The molecular formula is C13H23NO3. The van der Waals surface area contributed by atoms with Crippen LogP contribution in [0, 0.1) is 5.41 Å². The monoisotopic (exact) mass is 241 g/mol. The minimum Gasteiger partial charge on any atom is -0.481 e. The van der Waals surface area contributed by atoms with Crippen molar-refractivity contribution in [3.8, 4) is 0 Å². The molecule has 1 aliphatic rings. The van der Waals surface area contributed by atoms with E-state index >= 15 is 0 Å². The van der Waals surface area contributed by atoms with Crippen LogP contribution < -0.4 is 5.32 Å². The Morgan fingerprint density at radius 1 is 1.24 bits per heavy atom. The van der Waals surface area contributed by atoms with Gasteiger partial charge in [-0.2, -0.15) is 0 Å². The van der Waals surface area contributed by atoms with Crippen LogP contribution >= 0.6 is 0 Å². The summed E-state index contributed by atoms with van der Waals surface area (Å²) in [5.74, 6) is -0.722. The normalized spacial score (nSPS) is 17.2. The van der Waals surface area contributed by atoms with Gasteiger partial charge in [-0.3, -0.25) is 9.59 Å². The van der Waals surface area contributed by atoms with E-state index in [2.05, 4.69) is 12.2 Å². The van der Waals surface area contributed by atoms with Crippen molar-refractivity contribution >= 4 is 11.9 Å². The van der Waals surface area contributed by atoms with E-state index < -0.39 is 5.97 Å². The quantitative estimate of drug-likeness (QED) is 0.641. The number of carbonyl (C=O) groups is 2. The highest BCUT2D eigenvalue weighted by molar-refractivity contribution is 5.76. The molecule has 4 heteroatoms. The van der Waals surface area contributed by atoms with Crippen LogP contribution in [0.5, 0.6) is 0 Å². The Hall–Kier alpha value is -1.06. The molecular weight excluding hydrogens is 218 g/mol. The summed E-state index contributed by atoms with van der Waals surface area (Å²) >= 11 is 0. The Balaban J connectivity index is 2.07. The maximum Gasteiger partial charge on any atom is 0.303 e. The predicted octanol–water partition coefficient (Wildman–Crippen LogP) is 2.33. The van der Waals surface area contributed by atoms with Gasteiger partial charge in [-0.25, -0.2) is 0 Å². The molecule has 0 aromatic carbocycles. The van der Waals surface area contributed by atoms with Crippen molar-refractivity contribution in [2.45, 2.75) is 58.3 Å². The van der Waals surface area contributed by atoms with Crippen LogP contribution in [0.1, 0.15) is 58.3 Å². The van der Waals surface area contributed by atoms with Crippen LogP contribution in [0.25, 0.3) is 0 Å². The van der Waals surface area contributed by atoms with Crippen molar-refractivity contribution in [1.29, 1.82) is 0 Å². The van der Waals surface area contributed by atoms with Crippen LogP contribution in [0.3, 0.4) is 0 Å². The Bertz CT molecular complexity index is 266.